The number of carbonyl (C=O) groups excluding carboxylic acids is 2. The summed E-state index contributed by atoms with van der Waals surface area (Å²) in [6, 6.07) is 15.3. The summed E-state index contributed by atoms with van der Waals surface area (Å²) in [5.74, 6) is -0.588. The highest BCUT2D eigenvalue weighted by molar-refractivity contribution is 7.20. The molecule has 6 nitrogen and oxygen atoms in total. The van der Waals surface area contributed by atoms with Gasteiger partial charge in [0.2, 0.25) is 0 Å². The summed E-state index contributed by atoms with van der Waals surface area (Å²) in [4.78, 5) is 29.3. The second-order valence-corrected chi connectivity index (χ2v) is 9.23. The first-order valence-electron chi connectivity index (χ1n) is 10.9. The van der Waals surface area contributed by atoms with Crippen molar-refractivity contribution >= 4 is 39.1 Å². The van der Waals surface area contributed by atoms with E-state index in [1.807, 2.05) is 34.7 Å². The number of nitrogens with one attached hydrogen (secondary N) is 1. The normalized spacial score (nSPS) is 13.6. The topological polar surface area (TPSA) is 67.2 Å². The molecule has 3 heterocycles. The molecule has 0 saturated carbocycles. The monoisotopic (exact) mass is 462 g/mol. The molecule has 33 heavy (non-hydrogen) atoms. The highest BCUT2D eigenvalue weighted by Crippen LogP contribution is 2.30. The standard InChI is InChI=1S/C25H23FN4O2S/c1-16-20-14-22(33-25(20)30(28-16)15-17-8-10-18(26)11-9-17)23(31)27-21-7-3-2-6-19(21)24(32)29-12-4-5-13-29/h2-3,6-11,14H,4-5,12-13,15H2,1H3,(H,27,31). The van der Waals surface area contributed by atoms with Crippen molar-refractivity contribution in [2.24, 2.45) is 0 Å². The van der Waals surface area contributed by atoms with E-state index >= 15 is 0 Å². The molecule has 2 amide bonds. The number of likely N-dealkylation sites (tertiary alicyclic amines) is 1. The van der Waals surface area contributed by atoms with Crippen LogP contribution in [0.1, 0.15) is 44.1 Å². The number of hydrogen-bond donors (Lipinski definition) is 1. The summed E-state index contributed by atoms with van der Waals surface area (Å²) in [6.45, 7) is 3.89. The summed E-state index contributed by atoms with van der Waals surface area (Å²) in [6.07, 6.45) is 2.02. The van der Waals surface area contributed by atoms with Gasteiger partial charge < -0.3 is 10.2 Å². The molecule has 0 aliphatic carbocycles. The number of amides is 2. The zero-order valence-electron chi connectivity index (χ0n) is 18.2. The van der Waals surface area contributed by atoms with Crippen molar-refractivity contribution in [3.8, 4) is 0 Å². The first-order chi connectivity index (χ1) is 16.0. The number of hydrogen-bond acceptors (Lipinski definition) is 4. The molecule has 1 N–H and O–H groups in total. The van der Waals surface area contributed by atoms with Crippen LogP contribution < -0.4 is 5.32 Å². The van der Waals surface area contributed by atoms with Gasteiger partial charge in [0.15, 0.2) is 0 Å². The van der Waals surface area contributed by atoms with Crippen molar-refractivity contribution in [1.82, 2.24) is 14.7 Å². The minimum absolute atomic E-state index is 0.0504. The molecule has 0 unspecified atom stereocenters. The molecule has 0 atom stereocenters. The van der Waals surface area contributed by atoms with E-state index in [2.05, 4.69) is 10.4 Å². The van der Waals surface area contributed by atoms with Crippen molar-refractivity contribution in [2.75, 3.05) is 18.4 Å². The molecule has 1 saturated heterocycles. The Hall–Kier alpha value is -3.52. The van der Waals surface area contributed by atoms with Gasteiger partial charge in [0.1, 0.15) is 10.6 Å². The Kier molecular flexibility index (Phi) is 5.68. The Morgan fingerprint density at radius 3 is 2.58 bits per heavy atom. The number of aryl methyl sites for hydroxylation is 1. The molecule has 8 heteroatoms. The van der Waals surface area contributed by atoms with Crippen LogP contribution in [0.3, 0.4) is 0 Å². The van der Waals surface area contributed by atoms with Crippen LogP contribution in [0.4, 0.5) is 10.1 Å². The molecule has 2 aromatic heterocycles. The molecule has 168 valence electrons. The van der Waals surface area contributed by atoms with Crippen LogP contribution in [-0.2, 0) is 6.54 Å². The predicted molar refractivity (Wildman–Crippen MR) is 127 cm³/mol. The first-order valence-corrected chi connectivity index (χ1v) is 11.7. The summed E-state index contributed by atoms with van der Waals surface area (Å²) in [5.41, 5.74) is 2.77. The molecule has 0 bridgehead atoms. The maximum atomic E-state index is 13.2. The zero-order valence-corrected chi connectivity index (χ0v) is 19.0. The average molecular weight is 463 g/mol. The van der Waals surface area contributed by atoms with Crippen LogP contribution in [0.2, 0.25) is 0 Å². The predicted octanol–water partition coefficient (Wildman–Crippen LogP) is 5.08. The van der Waals surface area contributed by atoms with E-state index in [0.717, 1.165) is 47.4 Å². The first kappa shape index (κ1) is 21.3. The lowest BCUT2D eigenvalue weighted by atomic mass is 10.1. The van der Waals surface area contributed by atoms with Crippen molar-refractivity contribution in [1.29, 1.82) is 0 Å². The Morgan fingerprint density at radius 1 is 1.09 bits per heavy atom. The maximum Gasteiger partial charge on any atom is 0.265 e. The van der Waals surface area contributed by atoms with Gasteiger partial charge in [-0.25, -0.2) is 4.39 Å². The van der Waals surface area contributed by atoms with E-state index in [-0.39, 0.29) is 17.6 Å². The highest BCUT2D eigenvalue weighted by atomic mass is 32.1. The molecular weight excluding hydrogens is 439 g/mol. The second-order valence-electron chi connectivity index (χ2n) is 8.20. The van der Waals surface area contributed by atoms with Crippen molar-refractivity contribution in [3.63, 3.8) is 0 Å². The van der Waals surface area contributed by atoms with Gasteiger partial charge in [-0.15, -0.1) is 11.3 Å². The van der Waals surface area contributed by atoms with Crippen LogP contribution in [-0.4, -0.2) is 39.6 Å². The number of nitrogens with zero attached hydrogens (tertiary/aromatic N) is 3. The molecule has 2 aromatic carbocycles. The number of carbonyl (C=O) groups is 2. The molecule has 1 aliphatic rings. The van der Waals surface area contributed by atoms with Crippen molar-refractivity contribution < 1.29 is 14.0 Å². The average Bonchev–Trinajstić information content (AvgIpc) is 3.55. The molecule has 0 spiro atoms. The van der Waals surface area contributed by atoms with E-state index in [9.17, 15) is 14.0 Å². The summed E-state index contributed by atoms with van der Waals surface area (Å²) < 4.78 is 15.1. The van der Waals surface area contributed by atoms with Gasteiger partial charge in [-0.3, -0.25) is 14.3 Å². The molecule has 0 radical (unpaired) electrons. The number of aromatic nitrogens is 2. The summed E-state index contributed by atoms with van der Waals surface area (Å²) in [5, 5.41) is 8.43. The fourth-order valence-corrected chi connectivity index (χ4v) is 5.20. The molecule has 4 aromatic rings. The fourth-order valence-electron chi connectivity index (χ4n) is 4.15. The van der Waals surface area contributed by atoms with E-state index in [4.69, 9.17) is 0 Å². The number of benzene rings is 2. The number of halogens is 1. The molecule has 1 aliphatic heterocycles. The van der Waals surface area contributed by atoms with Crippen molar-refractivity contribution in [2.45, 2.75) is 26.3 Å². The van der Waals surface area contributed by atoms with Gasteiger partial charge >= 0.3 is 0 Å². The lowest BCUT2D eigenvalue weighted by Crippen LogP contribution is -2.28. The van der Waals surface area contributed by atoms with Crippen LogP contribution >= 0.6 is 11.3 Å². The Labute approximate surface area is 194 Å². The Balaban J connectivity index is 1.40. The van der Waals surface area contributed by atoms with Gasteiger partial charge in [0, 0.05) is 18.5 Å². The SMILES string of the molecule is Cc1nn(Cc2ccc(F)cc2)c2sc(C(=O)Nc3ccccc3C(=O)N3CCCC3)cc12. The third-order valence-electron chi connectivity index (χ3n) is 5.88. The van der Waals surface area contributed by atoms with Gasteiger partial charge in [0.05, 0.1) is 28.4 Å². The van der Waals surface area contributed by atoms with Crippen LogP contribution in [0.15, 0.2) is 54.6 Å². The number of thiophene rings is 1. The van der Waals surface area contributed by atoms with Gasteiger partial charge in [0.25, 0.3) is 11.8 Å². The van der Waals surface area contributed by atoms with Crippen LogP contribution in [0, 0.1) is 12.7 Å². The van der Waals surface area contributed by atoms with E-state index < -0.39 is 0 Å². The third-order valence-corrected chi connectivity index (χ3v) is 7.02. The van der Waals surface area contributed by atoms with E-state index in [1.165, 1.54) is 23.5 Å². The van der Waals surface area contributed by atoms with Gasteiger partial charge in [-0.1, -0.05) is 24.3 Å². The smallest absolute Gasteiger partial charge is 0.265 e. The van der Waals surface area contributed by atoms with Gasteiger partial charge in [-0.05, 0) is 55.7 Å². The Morgan fingerprint density at radius 2 is 1.82 bits per heavy atom. The van der Waals surface area contributed by atoms with Crippen LogP contribution in [0.25, 0.3) is 10.2 Å². The second kappa shape index (κ2) is 8.78. The fraction of sp³-hybridized carbons (Fsp3) is 0.240. The lowest BCUT2D eigenvalue weighted by Gasteiger charge is -2.17. The Bertz CT molecular complexity index is 1340. The number of rotatable bonds is 5. The quantitative estimate of drug-likeness (QED) is 0.450. The summed E-state index contributed by atoms with van der Waals surface area (Å²) >= 11 is 1.35. The zero-order chi connectivity index (χ0) is 22.9. The number of para-hydroxylation sites is 1. The van der Waals surface area contributed by atoms with E-state index in [0.29, 0.717) is 22.7 Å². The van der Waals surface area contributed by atoms with Crippen molar-refractivity contribution in [3.05, 3.63) is 82.1 Å². The molecule has 5 rings (SSSR count). The largest absolute Gasteiger partial charge is 0.339 e. The van der Waals surface area contributed by atoms with E-state index in [1.54, 1.807) is 24.3 Å². The number of anilines is 1. The third kappa shape index (κ3) is 4.26. The maximum absolute atomic E-state index is 13.2. The number of fused-ring (bicyclic) bond motifs is 1. The highest BCUT2D eigenvalue weighted by Gasteiger charge is 2.23. The molecular formula is C25H23FN4O2S. The lowest BCUT2D eigenvalue weighted by molar-refractivity contribution is 0.0794. The van der Waals surface area contributed by atoms with Crippen LogP contribution in [0.5, 0.6) is 0 Å². The van der Waals surface area contributed by atoms with Gasteiger partial charge in [-0.2, -0.15) is 5.10 Å². The minimum atomic E-state index is -0.279. The molecule has 1 fully saturated rings. The summed E-state index contributed by atoms with van der Waals surface area (Å²) in [7, 11) is 0. The minimum Gasteiger partial charge on any atom is -0.339 e.